The molecule has 1 heterocycles. The number of ether oxygens (including phenoxy) is 1. The zero-order valence-electron chi connectivity index (χ0n) is 12.6. The Morgan fingerprint density at radius 2 is 2.17 bits per heavy atom. The van der Waals surface area contributed by atoms with Crippen LogP contribution in [-0.2, 0) is 20.9 Å². The summed E-state index contributed by atoms with van der Waals surface area (Å²) in [6.07, 6.45) is -0.0459. The SMILES string of the molecule is N#Cc1cccc(COC(=O)C2CC(=O)Nc3cc(F)ccc32)c1. The van der Waals surface area contributed by atoms with Crippen LogP contribution in [0.1, 0.15) is 29.0 Å². The number of nitriles is 1. The Labute approximate surface area is 137 Å². The Morgan fingerprint density at radius 1 is 1.33 bits per heavy atom. The standard InChI is InChI=1S/C18H13FN2O3/c19-13-4-5-14-15(8-17(22)21-16(14)7-13)18(23)24-10-12-3-1-2-11(6-12)9-20/h1-7,15H,8,10H2,(H,21,22). The Kier molecular flexibility index (Phi) is 4.25. The first-order chi connectivity index (χ1) is 11.6. The molecule has 3 rings (SSSR count). The van der Waals surface area contributed by atoms with E-state index in [1.165, 1.54) is 18.2 Å². The summed E-state index contributed by atoms with van der Waals surface area (Å²) in [5.41, 5.74) is 1.98. The lowest BCUT2D eigenvalue weighted by atomic mass is 9.90. The number of benzene rings is 2. The first-order valence-electron chi connectivity index (χ1n) is 7.32. The van der Waals surface area contributed by atoms with Crippen molar-refractivity contribution in [3.05, 3.63) is 65.0 Å². The van der Waals surface area contributed by atoms with Crippen LogP contribution in [0.15, 0.2) is 42.5 Å². The van der Waals surface area contributed by atoms with Gasteiger partial charge < -0.3 is 10.1 Å². The molecule has 24 heavy (non-hydrogen) atoms. The van der Waals surface area contributed by atoms with Gasteiger partial charge in [0.1, 0.15) is 12.4 Å². The number of hydrogen-bond acceptors (Lipinski definition) is 4. The predicted octanol–water partition coefficient (Wildman–Crippen LogP) is 2.87. The summed E-state index contributed by atoms with van der Waals surface area (Å²) in [6, 6.07) is 12.6. The van der Waals surface area contributed by atoms with Crippen molar-refractivity contribution in [3.63, 3.8) is 0 Å². The number of fused-ring (bicyclic) bond motifs is 1. The molecule has 0 spiro atoms. The minimum atomic E-state index is -0.770. The third kappa shape index (κ3) is 3.25. The molecule has 0 saturated heterocycles. The van der Waals surface area contributed by atoms with Gasteiger partial charge in [-0.05, 0) is 35.4 Å². The molecular formula is C18H13FN2O3. The molecule has 0 aliphatic carbocycles. The largest absolute Gasteiger partial charge is 0.460 e. The molecule has 1 atom stereocenters. The fourth-order valence-corrected chi connectivity index (χ4v) is 2.63. The summed E-state index contributed by atoms with van der Waals surface area (Å²) in [6.45, 7) is 0.00298. The fourth-order valence-electron chi connectivity index (χ4n) is 2.63. The summed E-state index contributed by atoms with van der Waals surface area (Å²) in [4.78, 5) is 24.1. The number of amides is 1. The average molecular weight is 324 g/mol. The highest BCUT2D eigenvalue weighted by atomic mass is 19.1. The molecule has 5 nitrogen and oxygen atoms in total. The molecule has 0 radical (unpaired) electrons. The molecule has 0 saturated carbocycles. The van der Waals surface area contributed by atoms with Crippen LogP contribution in [0.5, 0.6) is 0 Å². The minimum Gasteiger partial charge on any atom is -0.460 e. The summed E-state index contributed by atoms with van der Waals surface area (Å²) in [5, 5.41) is 11.4. The van der Waals surface area contributed by atoms with E-state index in [1.54, 1.807) is 24.3 Å². The maximum Gasteiger partial charge on any atom is 0.314 e. The van der Waals surface area contributed by atoms with Crippen LogP contribution in [0.25, 0.3) is 0 Å². The second kappa shape index (κ2) is 6.50. The topological polar surface area (TPSA) is 79.2 Å². The zero-order valence-corrected chi connectivity index (χ0v) is 12.6. The molecule has 0 fully saturated rings. The van der Waals surface area contributed by atoms with E-state index in [2.05, 4.69) is 5.32 Å². The lowest BCUT2D eigenvalue weighted by Gasteiger charge is -2.24. The molecule has 1 aliphatic rings. The Balaban J connectivity index is 1.76. The molecular weight excluding hydrogens is 311 g/mol. The minimum absolute atomic E-state index is 0.00298. The summed E-state index contributed by atoms with van der Waals surface area (Å²) < 4.78 is 18.6. The lowest BCUT2D eigenvalue weighted by molar-refractivity contribution is -0.148. The summed E-state index contributed by atoms with van der Waals surface area (Å²) in [5.74, 6) is -2.17. The third-order valence-corrected chi connectivity index (χ3v) is 3.78. The quantitative estimate of drug-likeness (QED) is 0.881. The van der Waals surface area contributed by atoms with Gasteiger partial charge in [-0.25, -0.2) is 4.39 Å². The van der Waals surface area contributed by atoms with E-state index in [0.717, 1.165) is 0 Å². The number of carbonyl (C=O) groups excluding carboxylic acids is 2. The Bertz CT molecular complexity index is 858. The van der Waals surface area contributed by atoms with Gasteiger partial charge in [-0.2, -0.15) is 5.26 Å². The molecule has 2 aromatic carbocycles. The second-order valence-electron chi connectivity index (χ2n) is 5.46. The molecule has 2 aromatic rings. The summed E-state index contributed by atoms with van der Waals surface area (Å²) >= 11 is 0. The predicted molar refractivity (Wildman–Crippen MR) is 83.3 cm³/mol. The van der Waals surface area contributed by atoms with Gasteiger partial charge >= 0.3 is 5.97 Å². The normalized spacial score (nSPS) is 15.8. The first kappa shape index (κ1) is 15.7. The first-order valence-corrected chi connectivity index (χ1v) is 7.32. The third-order valence-electron chi connectivity index (χ3n) is 3.78. The van der Waals surface area contributed by atoms with Crippen LogP contribution < -0.4 is 5.32 Å². The van der Waals surface area contributed by atoms with Crippen LogP contribution >= 0.6 is 0 Å². The number of halogens is 1. The molecule has 1 N–H and O–H groups in total. The van der Waals surface area contributed by atoms with Gasteiger partial charge in [0.05, 0.1) is 17.6 Å². The highest BCUT2D eigenvalue weighted by Crippen LogP contribution is 2.33. The number of rotatable bonds is 3. The van der Waals surface area contributed by atoms with Gasteiger partial charge in [0.25, 0.3) is 0 Å². The molecule has 6 heteroatoms. The Morgan fingerprint density at radius 3 is 2.96 bits per heavy atom. The molecule has 0 bridgehead atoms. The van der Waals surface area contributed by atoms with Gasteiger partial charge in [0.2, 0.25) is 5.91 Å². The van der Waals surface area contributed by atoms with Crippen LogP contribution in [0.2, 0.25) is 0 Å². The highest BCUT2D eigenvalue weighted by Gasteiger charge is 2.32. The van der Waals surface area contributed by atoms with Crippen LogP contribution in [0.4, 0.5) is 10.1 Å². The van der Waals surface area contributed by atoms with E-state index >= 15 is 0 Å². The van der Waals surface area contributed by atoms with E-state index in [0.29, 0.717) is 22.4 Å². The molecule has 0 aromatic heterocycles. The molecule has 1 unspecified atom stereocenters. The van der Waals surface area contributed by atoms with Gasteiger partial charge in [-0.3, -0.25) is 9.59 Å². The van der Waals surface area contributed by atoms with E-state index in [4.69, 9.17) is 10.00 Å². The lowest BCUT2D eigenvalue weighted by Crippen LogP contribution is -2.28. The second-order valence-corrected chi connectivity index (χ2v) is 5.46. The molecule has 1 amide bonds. The van der Waals surface area contributed by atoms with Crippen molar-refractivity contribution in [1.82, 2.24) is 0 Å². The fraction of sp³-hybridized carbons (Fsp3) is 0.167. The van der Waals surface area contributed by atoms with Crippen LogP contribution in [0.3, 0.4) is 0 Å². The van der Waals surface area contributed by atoms with Gasteiger partial charge in [0.15, 0.2) is 0 Å². The molecule has 1 aliphatic heterocycles. The number of nitrogens with zero attached hydrogens (tertiary/aromatic N) is 1. The van der Waals surface area contributed by atoms with Crippen molar-refractivity contribution in [1.29, 1.82) is 5.26 Å². The van der Waals surface area contributed by atoms with Gasteiger partial charge in [0, 0.05) is 12.1 Å². The molecule has 120 valence electrons. The number of anilines is 1. The maximum absolute atomic E-state index is 13.3. The van der Waals surface area contributed by atoms with E-state index in [-0.39, 0.29) is 18.9 Å². The highest BCUT2D eigenvalue weighted by molar-refractivity contribution is 5.99. The van der Waals surface area contributed by atoms with Crippen molar-refractivity contribution in [2.24, 2.45) is 0 Å². The smallest absolute Gasteiger partial charge is 0.314 e. The van der Waals surface area contributed by atoms with Crippen molar-refractivity contribution in [2.75, 3.05) is 5.32 Å². The van der Waals surface area contributed by atoms with Crippen molar-refractivity contribution < 1.29 is 18.7 Å². The van der Waals surface area contributed by atoms with E-state index < -0.39 is 17.7 Å². The number of nitrogens with one attached hydrogen (secondary N) is 1. The van der Waals surface area contributed by atoms with Gasteiger partial charge in [-0.1, -0.05) is 18.2 Å². The zero-order chi connectivity index (χ0) is 17.1. The van der Waals surface area contributed by atoms with E-state index in [1.807, 2.05) is 6.07 Å². The van der Waals surface area contributed by atoms with Crippen LogP contribution in [0, 0.1) is 17.1 Å². The maximum atomic E-state index is 13.3. The summed E-state index contributed by atoms with van der Waals surface area (Å²) in [7, 11) is 0. The van der Waals surface area contributed by atoms with Crippen molar-refractivity contribution in [2.45, 2.75) is 18.9 Å². The number of esters is 1. The van der Waals surface area contributed by atoms with Crippen molar-refractivity contribution >= 4 is 17.6 Å². The van der Waals surface area contributed by atoms with Crippen LogP contribution in [-0.4, -0.2) is 11.9 Å². The monoisotopic (exact) mass is 324 g/mol. The Hall–Kier alpha value is -3.20. The number of hydrogen-bond donors (Lipinski definition) is 1. The van der Waals surface area contributed by atoms with E-state index in [9.17, 15) is 14.0 Å². The van der Waals surface area contributed by atoms with Crippen molar-refractivity contribution in [3.8, 4) is 6.07 Å². The number of carbonyl (C=O) groups is 2. The van der Waals surface area contributed by atoms with Gasteiger partial charge in [-0.15, -0.1) is 0 Å². The average Bonchev–Trinajstić information content (AvgIpc) is 2.58.